The number of aliphatic hydroxyl groups is 2. The first-order valence-electron chi connectivity index (χ1n) is 5.30. The Kier molecular flexibility index (Phi) is 5.49. The van der Waals surface area contributed by atoms with Gasteiger partial charge in [0.1, 0.15) is 6.10 Å². The zero-order chi connectivity index (χ0) is 11.1. The standard InChI is InChI=1S/C10H20O5/c1-10(12,8-11)15-5-3-2-4-13-6-9-7-14-9/h9,11-12H,2-8H2,1H3. The summed E-state index contributed by atoms with van der Waals surface area (Å²) in [6.07, 6.45) is 2.01. The van der Waals surface area contributed by atoms with Gasteiger partial charge in [0.15, 0.2) is 5.79 Å². The van der Waals surface area contributed by atoms with Gasteiger partial charge in [0.2, 0.25) is 0 Å². The van der Waals surface area contributed by atoms with Crippen molar-refractivity contribution in [2.24, 2.45) is 0 Å². The topological polar surface area (TPSA) is 71.5 Å². The number of aliphatic hydroxyl groups excluding tert-OH is 1. The van der Waals surface area contributed by atoms with Crippen molar-refractivity contribution < 1.29 is 24.4 Å². The Bertz CT molecular complexity index is 167. The van der Waals surface area contributed by atoms with Crippen molar-refractivity contribution in [3.8, 4) is 0 Å². The van der Waals surface area contributed by atoms with Crippen molar-refractivity contribution in [3.63, 3.8) is 0 Å². The smallest absolute Gasteiger partial charge is 0.186 e. The first-order chi connectivity index (χ1) is 7.14. The minimum atomic E-state index is -1.41. The lowest BCUT2D eigenvalue weighted by Gasteiger charge is -2.20. The Hall–Kier alpha value is -0.200. The van der Waals surface area contributed by atoms with E-state index in [4.69, 9.17) is 19.3 Å². The van der Waals surface area contributed by atoms with E-state index in [1.807, 2.05) is 0 Å². The molecule has 1 saturated heterocycles. The summed E-state index contributed by atoms with van der Waals surface area (Å²) in [5, 5.41) is 18.0. The number of ether oxygens (including phenoxy) is 3. The Morgan fingerprint density at radius 3 is 2.67 bits per heavy atom. The average Bonchev–Trinajstić information content (AvgIpc) is 3.00. The second kappa shape index (κ2) is 6.40. The Labute approximate surface area is 89.9 Å². The summed E-state index contributed by atoms with van der Waals surface area (Å²) in [4.78, 5) is 0. The highest BCUT2D eigenvalue weighted by Crippen LogP contribution is 2.09. The molecular formula is C10H20O5. The van der Waals surface area contributed by atoms with Gasteiger partial charge in [0, 0.05) is 6.61 Å². The van der Waals surface area contributed by atoms with E-state index >= 15 is 0 Å². The predicted molar refractivity (Wildman–Crippen MR) is 53.5 cm³/mol. The van der Waals surface area contributed by atoms with E-state index in [1.165, 1.54) is 6.92 Å². The second-order valence-electron chi connectivity index (χ2n) is 3.92. The maximum atomic E-state index is 9.29. The van der Waals surface area contributed by atoms with Gasteiger partial charge in [-0.15, -0.1) is 0 Å². The summed E-state index contributed by atoms with van der Waals surface area (Å²) in [7, 11) is 0. The molecule has 0 bridgehead atoms. The van der Waals surface area contributed by atoms with Crippen molar-refractivity contribution in [3.05, 3.63) is 0 Å². The van der Waals surface area contributed by atoms with Crippen molar-refractivity contribution in [1.82, 2.24) is 0 Å². The molecule has 90 valence electrons. The molecule has 0 amide bonds. The van der Waals surface area contributed by atoms with Crippen molar-refractivity contribution in [2.75, 3.05) is 33.0 Å². The van der Waals surface area contributed by atoms with Crippen molar-refractivity contribution >= 4 is 0 Å². The Balaban J connectivity index is 1.79. The second-order valence-corrected chi connectivity index (χ2v) is 3.92. The average molecular weight is 220 g/mol. The monoisotopic (exact) mass is 220 g/mol. The maximum absolute atomic E-state index is 9.29. The molecule has 0 aromatic heterocycles. The lowest BCUT2D eigenvalue weighted by Crippen LogP contribution is -2.32. The molecule has 0 aromatic rings. The van der Waals surface area contributed by atoms with Gasteiger partial charge in [0.05, 0.1) is 26.4 Å². The van der Waals surface area contributed by atoms with Crippen LogP contribution in [-0.4, -0.2) is 55.1 Å². The van der Waals surface area contributed by atoms with Crippen LogP contribution in [0.25, 0.3) is 0 Å². The molecular weight excluding hydrogens is 200 g/mol. The largest absolute Gasteiger partial charge is 0.391 e. The highest BCUT2D eigenvalue weighted by atomic mass is 16.6. The van der Waals surface area contributed by atoms with Crippen molar-refractivity contribution in [1.29, 1.82) is 0 Å². The summed E-state index contributed by atoms with van der Waals surface area (Å²) in [6, 6.07) is 0. The molecule has 0 spiro atoms. The van der Waals surface area contributed by atoms with Gasteiger partial charge in [-0.1, -0.05) is 0 Å². The molecule has 1 heterocycles. The first kappa shape index (κ1) is 12.9. The van der Waals surface area contributed by atoms with Gasteiger partial charge in [-0.2, -0.15) is 0 Å². The normalized spacial score (nSPS) is 23.8. The molecule has 5 nitrogen and oxygen atoms in total. The zero-order valence-corrected chi connectivity index (χ0v) is 9.15. The van der Waals surface area contributed by atoms with Crippen LogP contribution in [0, 0.1) is 0 Å². The molecule has 0 aromatic carbocycles. The quantitative estimate of drug-likeness (QED) is 0.322. The Morgan fingerprint density at radius 2 is 2.07 bits per heavy atom. The maximum Gasteiger partial charge on any atom is 0.186 e. The molecule has 2 N–H and O–H groups in total. The van der Waals surface area contributed by atoms with Crippen molar-refractivity contribution in [2.45, 2.75) is 31.7 Å². The number of hydrogen-bond acceptors (Lipinski definition) is 5. The molecule has 5 heteroatoms. The fourth-order valence-corrected chi connectivity index (χ4v) is 1.02. The van der Waals surface area contributed by atoms with Crippen LogP contribution in [0.15, 0.2) is 0 Å². The van der Waals surface area contributed by atoms with E-state index in [1.54, 1.807) is 0 Å². The van der Waals surface area contributed by atoms with Crippen LogP contribution in [0.3, 0.4) is 0 Å². The predicted octanol–water partition coefficient (Wildman–Crippen LogP) is -0.101. The lowest BCUT2D eigenvalue weighted by atomic mass is 10.3. The molecule has 15 heavy (non-hydrogen) atoms. The van der Waals surface area contributed by atoms with Crippen LogP contribution in [0.2, 0.25) is 0 Å². The number of unbranched alkanes of at least 4 members (excludes halogenated alkanes) is 1. The summed E-state index contributed by atoms with van der Waals surface area (Å²) < 4.78 is 15.4. The van der Waals surface area contributed by atoms with Crippen LogP contribution in [0.5, 0.6) is 0 Å². The third-order valence-corrected chi connectivity index (χ3v) is 2.10. The summed E-state index contributed by atoms with van der Waals surface area (Å²) in [6.45, 7) is 3.66. The molecule has 1 aliphatic heterocycles. The van der Waals surface area contributed by atoms with Crippen LogP contribution < -0.4 is 0 Å². The molecule has 2 unspecified atom stereocenters. The number of epoxide rings is 1. The highest BCUT2D eigenvalue weighted by molar-refractivity contribution is 4.67. The minimum absolute atomic E-state index is 0.316. The SMILES string of the molecule is CC(O)(CO)OCCCCOCC1CO1. The van der Waals surface area contributed by atoms with Gasteiger partial charge in [-0.25, -0.2) is 0 Å². The molecule has 0 saturated carbocycles. The van der Waals surface area contributed by atoms with Gasteiger partial charge in [0.25, 0.3) is 0 Å². The fourth-order valence-electron chi connectivity index (χ4n) is 1.02. The molecule has 1 aliphatic rings. The van der Waals surface area contributed by atoms with Crippen LogP contribution in [0.4, 0.5) is 0 Å². The molecule has 1 rings (SSSR count). The van der Waals surface area contributed by atoms with Crippen LogP contribution >= 0.6 is 0 Å². The first-order valence-corrected chi connectivity index (χ1v) is 5.30. The lowest BCUT2D eigenvalue weighted by molar-refractivity contribution is -0.211. The third kappa shape index (κ3) is 6.81. The molecule has 1 fully saturated rings. The van der Waals surface area contributed by atoms with Gasteiger partial charge in [-0.05, 0) is 19.8 Å². The van der Waals surface area contributed by atoms with E-state index in [0.717, 1.165) is 19.4 Å². The summed E-state index contributed by atoms with van der Waals surface area (Å²) in [5.74, 6) is -1.41. The van der Waals surface area contributed by atoms with E-state index in [-0.39, 0.29) is 6.61 Å². The fraction of sp³-hybridized carbons (Fsp3) is 1.00. The molecule has 0 aliphatic carbocycles. The third-order valence-electron chi connectivity index (χ3n) is 2.10. The van der Waals surface area contributed by atoms with E-state index in [0.29, 0.717) is 25.9 Å². The minimum Gasteiger partial charge on any atom is -0.391 e. The van der Waals surface area contributed by atoms with Gasteiger partial charge in [-0.3, -0.25) is 0 Å². The van der Waals surface area contributed by atoms with E-state index in [9.17, 15) is 5.11 Å². The summed E-state index contributed by atoms with van der Waals surface area (Å²) in [5.41, 5.74) is 0. The van der Waals surface area contributed by atoms with Gasteiger partial charge < -0.3 is 24.4 Å². The molecule has 0 radical (unpaired) electrons. The number of rotatable bonds is 9. The highest BCUT2D eigenvalue weighted by Gasteiger charge is 2.22. The van der Waals surface area contributed by atoms with E-state index in [2.05, 4.69) is 0 Å². The number of hydrogen-bond donors (Lipinski definition) is 2. The summed E-state index contributed by atoms with van der Waals surface area (Å²) >= 11 is 0. The van der Waals surface area contributed by atoms with Crippen LogP contribution in [0.1, 0.15) is 19.8 Å². The zero-order valence-electron chi connectivity index (χ0n) is 9.15. The molecule has 2 atom stereocenters. The van der Waals surface area contributed by atoms with Crippen LogP contribution in [-0.2, 0) is 14.2 Å². The van der Waals surface area contributed by atoms with Gasteiger partial charge >= 0.3 is 0 Å². The Morgan fingerprint density at radius 1 is 1.40 bits per heavy atom. The van der Waals surface area contributed by atoms with E-state index < -0.39 is 5.79 Å².